The number of rotatable bonds is 31. The Labute approximate surface area is 387 Å². The Hall–Kier alpha value is -4.18. The summed E-state index contributed by atoms with van der Waals surface area (Å²) in [4.78, 5) is 25.5. The quantitative estimate of drug-likeness (QED) is 0.0515. The average Bonchev–Trinajstić information content (AvgIpc) is 3.21. The van der Waals surface area contributed by atoms with Crippen LogP contribution >= 0.6 is 0 Å². The van der Waals surface area contributed by atoms with Crippen LogP contribution < -0.4 is 0 Å². The largest absolute Gasteiger partial charge is 0.489 e. The standard InChI is InChI=1S/C59H90O4/c1-44(2)24-15-25-45(3)26-16-27-46(4)28-17-29-47(5)30-18-31-48(6)32-19-33-49(7)34-20-35-50(8)36-21-37-51(9)38-22-39-52(10)40-23-41-53(11)42-43-55-54(12)56(60)58(62-13)59(63-14)57(55)61/h24,26,28,30,32,34,36,38,40,42H,15-23,25,27,29,31,33,35,37,39,41,43H2,1-14H3/b45-26+,46-28+,47-30+,48-32+,49-34+,50-36+,51-38+,52-40-,53-42-. The lowest BCUT2D eigenvalue weighted by atomic mass is 9.90. The average molecular weight is 863 g/mol. The maximum Gasteiger partial charge on any atom is 0.228 e. The van der Waals surface area contributed by atoms with Gasteiger partial charge in [0, 0.05) is 11.1 Å². The van der Waals surface area contributed by atoms with Gasteiger partial charge in [-0.3, -0.25) is 9.59 Å². The summed E-state index contributed by atoms with van der Waals surface area (Å²) in [5.74, 6) is -0.572. The molecule has 0 amide bonds. The van der Waals surface area contributed by atoms with Crippen LogP contribution in [0.2, 0.25) is 0 Å². The molecule has 0 N–H and O–H groups in total. The zero-order valence-electron chi connectivity index (χ0n) is 42.8. The molecule has 0 aromatic carbocycles. The molecule has 0 heterocycles. The Morgan fingerprint density at radius 2 is 0.571 bits per heavy atom. The normalized spacial score (nSPS) is 15.9. The van der Waals surface area contributed by atoms with E-state index in [4.69, 9.17) is 9.47 Å². The molecular weight excluding hydrogens is 773 g/mol. The first-order valence-electron chi connectivity index (χ1n) is 24.1. The molecule has 0 fully saturated rings. The minimum atomic E-state index is -0.284. The lowest BCUT2D eigenvalue weighted by Gasteiger charge is -2.19. The summed E-state index contributed by atoms with van der Waals surface area (Å²) in [6, 6.07) is 0. The highest BCUT2D eigenvalue weighted by atomic mass is 16.5. The van der Waals surface area contributed by atoms with Gasteiger partial charge in [0.25, 0.3) is 0 Å². The molecule has 0 bridgehead atoms. The fourth-order valence-corrected chi connectivity index (χ4v) is 7.59. The van der Waals surface area contributed by atoms with Crippen LogP contribution in [0.3, 0.4) is 0 Å². The van der Waals surface area contributed by atoms with Gasteiger partial charge in [0.05, 0.1) is 14.2 Å². The highest BCUT2D eigenvalue weighted by molar-refractivity contribution is 6.23. The minimum absolute atomic E-state index is 0.00667. The number of carbonyl (C=O) groups excluding carboxylic acids is 2. The van der Waals surface area contributed by atoms with Gasteiger partial charge < -0.3 is 9.47 Å². The van der Waals surface area contributed by atoms with Crippen molar-refractivity contribution in [3.8, 4) is 0 Å². The first kappa shape index (κ1) is 56.8. The van der Waals surface area contributed by atoms with Crippen LogP contribution in [0.15, 0.2) is 139 Å². The second kappa shape index (κ2) is 33.3. The summed E-state index contributed by atoms with van der Waals surface area (Å²) in [6.45, 7) is 26.3. The van der Waals surface area contributed by atoms with Crippen molar-refractivity contribution in [2.75, 3.05) is 14.2 Å². The molecule has 4 nitrogen and oxygen atoms in total. The minimum Gasteiger partial charge on any atom is -0.489 e. The Balaban J connectivity index is 2.31. The second-order valence-corrected chi connectivity index (χ2v) is 18.6. The van der Waals surface area contributed by atoms with Crippen LogP contribution in [0.25, 0.3) is 0 Å². The zero-order chi connectivity index (χ0) is 47.2. The highest BCUT2D eigenvalue weighted by Crippen LogP contribution is 2.28. The van der Waals surface area contributed by atoms with Gasteiger partial charge >= 0.3 is 0 Å². The van der Waals surface area contributed by atoms with E-state index in [2.05, 4.69) is 137 Å². The van der Waals surface area contributed by atoms with E-state index in [0.717, 1.165) is 96.3 Å². The zero-order valence-corrected chi connectivity index (χ0v) is 42.8. The predicted molar refractivity (Wildman–Crippen MR) is 275 cm³/mol. The van der Waals surface area contributed by atoms with Crippen LogP contribution in [0, 0.1) is 0 Å². The topological polar surface area (TPSA) is 52.6 Å². The summed E-state index contributed by atoms with van der Waals surface area (Å²) >= 11 is 0. The van der Waals surface area contributed by atoms with E-state index in [1.165, 1.54) is 89.2 Å². The van der Waals surface area contributed by atoms with Crippen molar-refractivity contribution in [1.29, 1.82) is 0 Å². The monoisotopic (exact) mass is 863 g/mol. The van der Waals surface area contributed by atoms with E-state index in [9.17, 15) is 9.59 Å². The SMILES string of the molecule is COC1=C(OC)C(=O)C(C/C=C(/C)CC/C=C(/C)CC/C=C(\C)CC/C=C(\C)CC/C=C(\C)CC/C=C(\C)CC/C=C(\C)CC/C=C(\C)CC/C=C(\C)CCC=C(C)C)=C(C)C1=O. The maximum absolute atomic E-state index is 12.9. The fourth-order valence-electron chi connectivity index (χ4n) is 7.59. The van der Waals surface area contributed by atoms with Gasteiger partial charge in [-0.15, -0.1) is 0 Å². The molecule has 4 heteroatoms. The summed E-state index contributed by atoms with van der Waals surface area (Å²) < 4.78 is 10.3. The van der Waals surface area contributed by atoms with Gasteiger partial charge in [-0.25, -0.2) is 0 Å². The molecular formula is C59H90O4. The number of ether oxygens (including phenoxy) is 2. The van der Waals surface area contributed by atoms with Gasteiger partial charge in [0.1, 0.15) is 0 Å². The molecule has 0 saturated carbocycles. The Kier molecular flexibility index (Phi) is 30.1. The number of carbonyl (C=O) groups is 2. The number of hydrogen-bond acceptors (Lipinski definition) is 4. The van der Waals surface area contributed by atoms with E-state index >= 15 is 0 Å². The molecule has 0 atom stereocenters. The molecule has 0 spiro atoms. The van der Waals surface area contributed by atoms with Crippen molar-refractivity contribution in [2.45, 2.75) is 205 Å². The Bertz CT molecular complexity index is 1840. The second-order valence-electron chi connectivity index (χ2n) is 18.6. The van der Waals surface area contributed by atoms with Crippen molar-refractivity contribution in [2.24, 2.45) is 0 Å². The van der Waals surface area contributed by atoms with Crippen LogP contribution in [0.1, 0.15) is 205 Å². The van der Waals surface area contributed by atoms with Crippen LogP contribution in [-0.2, 0) is 19.1 Å². The molecule has 0 aliphatic heterocycles. The van der Waals surface area contributed by atoms with Crippen molar-refractivity contribution in [1.82, 2.24) is 0 Å². The van der Waals surface area contributed by atoms with Gasteiger partial charge in [-0.1, -0.05) is 116 Å². The number of ketones is 2. The third-order valence-corrected chi connectivity index (χ3v) is 12.1. The third kappa shape index (κ3) is 26.3. The van der Waals surface area contributed by atoms with Gasteiger partial charge in [0.15, 0.2) is 0 Å². The van der Waals surface area contributed by atoms with Crippen molar-refractivity contribution >= 4 is 11.6 Å². The summed E-state index contributed by atoms with van der Waals surface area (Å²) in [7, 11) is 2.78. The van der Waals surface area contributed by atoms with Gasteiger partial charge in [-0.05, 0) is 205 Å². The fraction of sp³-hybridized carbons (Fsp3) is 0.559. The van der Waals surface area contributed by atoms with Crippen LogP contribution in [0.4, 0.5) is 0 Å². The number of allylic oxidation sites excluding steroid dienone is 22. The van der Waals surface area contributed by atoms with E-state index < -0.39 is 0 Å². The number of methoxy groups -OCH3 is 2. The predicted octanol–water partition coefficient (Wildman–Crippen LogP) is 17.9. The van der Waals surface area contributed by atoms with E-state index in [1.807, 2.05) is 0 Å². The molecule has 0 radical (unpaired) electrons. The van der Waals surface area contributed by atoms with Crippen molar-refractivity contribution in [3.63, 3.8) is 0 Å². The van der Waals surface area contributed by atoms with Gasteiger partial charge in [-0.2, -0.15) is 0 Å². The molecule has 1 rings (SSSR count). The van der Waals surface area contributed by atoms with E-state index in [-0.39, 0.29) is 23.1 Å². The van der Waals surface area contributed by atoms with E-state index in [0.29, 0.717) is 17.6 Å². The van der Waals surface area contributed by atoms with Crippen LogP contribution in [0.5, 0.6) is 0 Å². The van der Waals surface area contributed by atoms with Crippen molar-refractivity contribution < 1.29 is 19.1 Å². The molecule has 350 valence electrons. The Morgan fingerprint density at radius 3 is 0.810 bits per heavy atom. The molecule has 63 heavy (non-hydrogen) atoms. The summed E-state index contributed by atoms with van der Waals surface area (Å²) in [6.07, 6.45) is 44.3. The lowest BCUT2D eigenvalue weighted by Crippen LogP contribution is -2.24. The lowest BCUT2D eigenvalue weighted by molar-refractivity contribution is -0.121. The van der Waals surface area contributed by atoms with Gasteiger partial charge in [0.2, 0.25) is 23.1 Å². The summed E-state index contributed by atoms with van der Waals surface area (Å²) in [5, 5.41) is 0. The molecule has 1 aliphatic rings. The molecule has 0 aromatic heterocycles. The first-order valence-corrected chi connectivity index (χ1v) is 24.1. The first-order chi connectivity index (χ1) is 30.0. The third-order valence-electron chi connectivity index (χ3n) is 12.1. The smallest absolute Gasteiger partial charge is 0.228 e. The van der Waals surface area contributed by atoms with E-state index in [1.54, 1.807) is 6.92 Å². The molecule has 0 saturated heterocycles. The Morgan fingerprint density at radius 1 is 0.349 bits per heavy atom. The molecule has 0 aromatic rings. The summed E-state index contributed by atoms with van der Waals surface area (Å²) in [5.41, 5.74) is 15.5. The van der Waals surface area contributed by atoms with Crippen LogP contribution in [-0.4, -0.2) is 25.8 Å². The molecule has 0 unspecified atom stereocenters. The number of Topliss-reactive ketones (excluding diaryl/α,β-unsaturated/α-hetero) is 2. The highest BCUT2D eigenvalue weighted by Gasteiger charge is 2.34. The molecule has 1 aliphatic carbocycles. The maximum atomic E-state index is 12.9. The number of hydrogen-bond donors (Lipinski definition) is 0. The van der Waals surface area contributed by atoms with Crippen molar-refractivity contribution in [3.05, 3.63) is 139 Å².